The van der Waals surface area contributed by atoms with Gasteiger partial charge in [0.15, 0.2) is 0 Å². The first kappa shape index (κ1) is 10.9. The number of nitrogens with zero attached hydrogens (tertiary/aromatic N) is 1. The molecule has 0 saturated carbocycles. The molecule has 0 amide bonds. The third-order valence-corrected chi connectivity index (χ3v) is 3.20. The maximum absolute atomic E-state index is 11.2. The number of hydrogen-bond acceptors (Lipinski definition) is 4. The van der Waals surface area contributed by atoms with E-state index in [4.69, 9.17) is 9.47 Å². The van der Waals surface area contributed by atoms with Gasteiger partial charge in [0.05, 0.1) is 19.5 Å². The summed E-state index contributed by atoms with van der Waals surface area (Å²) < 4.78 is 11.2. The smallest absolute Gasteiger partial charge is 0.268 e. The van der Waals surface area contributed by atoms with E-state index in [2.05, 4.69) is 9.97 Å². The predicted molar refractivity (Wildman–Crippen MR) is 62.0 cm³/mol. The molecule has 1 unspecified atom stereocenters. The van der Waals surface area contributed by atoms with Crippen LogP contribution < -0.4 is 10.3 Å². The number of rotatable bonds is 3. The first-order valence-corrected chi connectivity index (χ1v) is 5.79. The van der Waals surface area contributed by atoms with Crippen LogP contribution >= 0.6 is 22.6 Å². The first-order chi connectivity index (χ1) is 7.27. The minimum atomic E-state index is -0.164. The quantitative estimate of drug-likeness (QED) is 0.836. The Bertz CT molecular complexity index is 387. The van der Waals surface area contributed by atoms with Gasteiger partial charge in [-0.25, -0.2) is 4.98 Å². The molecule has 2 rings (SSSR count). The van der Waals surface area contributed by atoms with E-state index in [0.29, 0.717) is 22.0 Å². The van der Waals surface area contributed by atoms with Crippen LogP contribution in [0, 0.1) is 9.49 Å². The van der Waals surface area contributed by atoms with Crippen molar-refractivity contribution in [3.63, 3.8) is 0 Å². The van der Waals surface area contributed by atoms with Gasteiger partial charge < -0.3 is 14.5 Å². The minimum absolute atomic E-state index is 0.164. The zero-order valence-corrected chi connectivity index (χ0v) is 10.2. The molecule has 1 atom stereocenters. The molecule has 1 aliphatic rings. The van der Waals surface area contributed by atoms with Crippen molar-refractivity contribution >= 4 is 22.6 Å². The first-order valence-electron chi connectivity index (χ1n) is 4.71. The van der Waals surface area contributed by atoms with Gasteiger partial charge in [0.1, 0.15) is 3.57 Å². The summed E-state index contributed by atoms with van der Waals surface area (Å²) in [6.45, 7) is 2.10. The van der Waals surface area contributed by atoms with Gasteiger partial charge in [-0.15, -0.1) is 0 Å². The highest BCUT2D eigenvalue weighted by molar-refractivity contribution is 14.1. The monoisotopic (exact) mass is 322 g/mol. The molecule has 0 bridgehead atoms. The SMILES string of the molecule is O=c1[nH]cnc(OCC2CCOC2)c1I. The Hall–Kier alpha value is -0.630. The van der Waals surface area contributed by atoms with Crippen LogP contribution in [-0.4, -0.2) is 29.8 Å². The summed E-state index contributed by atoms with van der Waals surface area (Å²) in [5.74, 6) is 0.827. The lowest BCUT2D eigenvalue weighted by Crippen LogP contribution is -2.17. The van der Waals surface area contributed by atoms with Gasteiger partial charge in [-0.05, 0) is 29.0 Å². The second-order valence-corrected chi connectivity index (χ2v) is 4.47. The third-order valence-electron chi connectivity index (χ3n) is 2.24. The van der Waals surface area contributed by atoms with Crippen molar-refractivity contribution in [2.75, 3.05) is 19.8 Å². The van der Waals surface area contributed by atoms with E-state index in [-0.39, 0.29) is 5.56 Å². The summed E-state index contributed by atoms with van der Waals surface area (Å²) >= 11 is 1.93. The Morgan fingerprint density at radius 3 is 3.33 bits per heavy atom. The van der Waals surface area contributed by atoms with Gasteiger partial charge in [0.25, 0.3) is 5.56 Å². The van der Waals surface area contributed by atoms with Crippen molar-refractivity contribution < 1.29 is 9.47 Å². The van der Waals surface area contributed by atoms with Crippen molar-refractivity contribution in [2.24, 2.45) is 5.92 Å². The number of hydrogen-bond donors (Lipinski definition) is 1. The number of aromatic amines is 1. The molecule has 82 valence electrons. The second kappa shape index (κ2) is 4.93. The number of ether oxygens (including phenoxy) is 2. The van der Waals surface area contributed by atoms with E-state index in [9.17, 15) is 4.79 Å². The zero-order chi connectivity index (χ0) is 10.7. The summed E-state index contributed by atoms with van der Waals surface area (Å²) in [6.07, 6.45) is 2.37. The molecule has 0 aromatic carbocycles. The van der Waals surface area contributed by atoms with Crippen LogP contribution in [0.3, 0.4) is 0 Å². The molecular formula is C9H11IN2O3. The Morgan fingerprint density at radius 1 is 1.73 bits per heavy atom. The third kappa shape index (κ3) is 2.69. The van der Waals surface area contributed by atoms with E-state index in [1.165, 1.54) is 6.33 Å². The molecule has 5 nitrogen and oxygen atoms in total. The van der Waals surface area contributed by atoms with Crippen molar-refractivity contribution in [3.05, 3.63) is 20.3 Å². The molecule has 1 saturated heterocycles. The van der Waals surface area contributed by atoms with E-state index >= 15 is 0 Å². The highest BCUT2D eigenvalue weighted by Crippen LogP contribution is 2.16. The summed E-state index contributed by atoms with van der Waals surface area (Å²) in [4.78, 5) is 17.7. The maximum Gasteiger partial charge on any atom is 0.268 e. The molecule has 0 spiro atoms. The lowest BCUT2D eigenvalue weighted by Gasteiger charge is -2.09. The van der Waals surface area contributed by atoms with Crippen molar-refractivity contribution in [3.8, 4) is 5.88 Å². The van der Waals surface area contributed by atoms with Crippen molar-refractivity contribution in [2.45, 2.75) is 6.42 Å². The highest BCUT2D eigenvalue weighted by atomic mass is 127. The zero-order valence-electron chi connectivity index (χ0n) is 8.03. The average molecular weight is 322 g/mol. The van der Waals surface area contributed by atoms with E-state index in [1.54, 1.807) is 0 Å². The Morgan fingerprint density at radius 2 is 2.60 bits per heavy atom. The van der Waals surface area contributed by atoms with E-state index in [0.717, 1.165) is 19.6 Å². The van der Waals surface area contributed by atoms with Crippen LogP contribution in [0.5, 0.6) is 5.88 Å². The van der Waals surface area contributed by atoms with Gasteiger partial charge in [-0.1, -0.05) is 0 Å². The number of halogens is 1. The standard InChI is InChI=1S/C9H11IN2O3/c10-7-8(13)11-5-12-9(7)15-4-6-1-2-14-3-6/h5-6H,1-4H2,(H,11,12,13). The van der Waals surface area contributed by atoms with Crippen LogP contribution in [0.2, 0.25) is 0 Å². The van der Waals surface area contributed by atoms with Gasteiger partial charge in [0, 0.05) is 12.5 Å². The van der Waals surface area contributed by atoms with E-state index in [1.807, 2.05) is 22.6 Å². The molecule has 2 heterocycles. The molecule has 0 radical (unpaired) electrons. The minimum Gasteiger partial charge on any atom is -0.476 e. The molecule has 6 heteroatoms. The fourth-order valence-corrected chi connectivity index (χ4v) is 1.83. The Kier molecular flexibility index (Phi) is 3.57. The van der Waals surface area contributed by atoms with Gasteiger partial charge in [-0.2, -0.15) is 0 Å². The van der Waals surface area contributed by atoms with Crippen molar-refractivity contribution in [1.82, 2.24) is 9.97 Å². The number of aromatic nitrogens is 2. The van der Waals surface area contributed by atoms with E-state index < -0.39 is 0 Å². The predicted octanol–water partition coefficient (Wildman–Crippen LogP) is 0.790. The lowest BCUT2D eigenvalue weighted by molar-refractivity contribution is 0.165. The molecule has 0 aliphatic carbocycles. The van der Waals surface area contributed by atoms with Gasteiger partial charge in [0.2, 0.25) is 5.88 Å². The normalized spacial score (nSPS) is 20.5. The Labute approximate surface area is 100 Å². The molecular weight excluding hydrogens is 311 g/mol. The fourth-order valence-electron chi connectivity index (χ4n) is 1.38. The number of H-pyrrole nitrogens is 1. The topological polar surface area (TPSA) is 64.2 Å². The molecule has 1 aromatic rings. The molecule has 15 heavy (non-hydrogen) atoms. The van der Waals surface area contributed by atoms with Crippen LogP contribution in [0.15, 0.2) is 11.1 Å². The second-order valence-electron chi connectivity index (χ2n) is 3.39. The average Bonchev–Trinajstić information content (AvgIpc) is 2.73. The van der Waals surface area contributed by atoms with Gasteiger partial charge >= 0.3 is 0 Å². The summed E-state index contributed by atoms with van der Waals surface area (Å²) in [7, 11) is 0. The Balaban J connectivity index is 1.98. The molecule has 1 fully saturated rings. The lowest BCUT2D eigenvalue weighted by atomic mass is 10.1. The van der Waals surface area contributed by atoms with Crippen molar-refractivity contribution in [1.29, 1.82) is 0 Å². The maximum atomic E-state index is 11.2. The fraction of sp³-hybridized carbons (Fsp3) is 0.556. The highest BCUT2D eigenvalue weighted by Gasteiger charge is 2.17. The molecule has 1 aliphatic heterocycles. The molecule has 1 N–H and O–H groups in total. The van der Waals surface area contributed by atoms with Gasteiger partial charge in [-0.3, -0.25) is 4.79 Å². The summed E-state index contributed by atoms with van der Waals surface area (Å²) in [6, 6.07) is 0. The largest absolute Gasteiger partial charge is 0.476 e. The number of nitrogens with one attached hydrogen (secondary N) is 1. The van der Waals surface area contributed by atoms with Crippen LogP contribution in [0.1, 0.15) is 6.42 Å². The van der Waals surface area contributed by atoms with Crippen LogP contribution in [0.25, 0.3) is 0 Å². The summed E-state index contributed by atoms with van der Waals surface area (Å²) in [5.41, 5.74) is -0.164. The summed E-state index contributed by atoms with van der Waals surface area (Å²) in [5, 5.41) is 0. The molecule has 1 aromatic heterocycles. The van der Waals surface area contributed by atoms with Crippen LogP contribution in [-0.2, 0) is 4.74 Å². The van der Waals surface area contributed by atoms with Crippen LogP contribution in [0.4, 0.5) is 0 Å².